The van der Waals surface area contributed by atoms with Gasteiger partial charge in [0.1, 0.15) is 5.60 Å². The summed E-state index contributed by atoms with van der Waals surface area (Å²) in [7, 11) is 0. The highest BCUT2D eigenvalue weighted by molar-refractivity contribution is 8.00. The van der Waals surface area contributed by atoms with Gasteiger partial charge in [-0.05, 0) is 93.4 Å². The Balaban J connectivity index is 0.000000346. The SMILES string of the molecule is CC(C)(C)OC(=O)NCCCCSc1ccccc1.NSc1ccc(N)c(SC(F)(F)F)c1. The second kappa shape index (κ2) is 14.5. The number of nitrogens with two attached hydrogens (primary N) is 2. The zero-order valence-corrected chi connectivity index (χ0v) is 21.2. The summed E-state index contributed by atoms with van der Waals surface area (Å²) >= 11 is 2.49. The highest BCUT2D eigenvalue weighted by Crippen LogP contribution is 2.40. The van der Waals surface area contributed by atoms with E-state index in [1.807, 2.05) is 50.7 Å². The molecule has 2 rings (SSSR count). The van der Waals surface area contributed by atoms with Gasteiger partial charge >= 0.3 is 11.6 Å². The number of carbonyl (C=O) groups is 1. The maximum atomic E-state index is 12.0. The first kappa shape index (κ1) is 29.3. The Hall–Kier alpha value is -1.69. The molecule has 11 heteroatoms. The number of alkyl halides is 3. The molecule has 0 aliphatic carbocycles. The molecule has 5 nitrogen and oxygen atoms in total. The first-order chi connectivity index (χ1) is 15.4. The first-order valence-electron chi connectivity index (χ1n) is 10.1. The minimum absolute atomic E-state index is 0.0204. The largest absolute Gasteiger partial charge is 0.446 e. The number of hydrogen-bond acceptors (Lipinski definition) is 7. The summed E-state index contributed by atoms with van der Waals surface area (Å²) in [6.07, 6.45) is 1.72. The van der Waals surface area contributed by atoms with E-state index in [1.54, 1.807) is 6.07 Å². The van der Waals surface area contributed by atoms with E-state index in [-0.39, 0.29) is 28.4 Å². The molecule has 33 heavy (non-hydrogen) atoms. The number of nitrogen functional groups attached to an aromatic ring is 1. The second-order valence-corrected chi connectivity index (χ2v) is 10.6. The minimum Gasteiger partial charge on any atom is -0.444 e. The zero-order chi connectivity index (χ0) is 24.9. The number of ether oxygens (including phenoxy) is 1. The Labute approximate surface area is 206 Å². The highest BCUT2D eigenvalue weighted by atomic mass is 32.2. The van der Waals surface area contributed by atoms with Gasteiger partial charge in [-0.2, -0.15) is 13.2 Å². The molecular formula is C22H30F3N3O2S3. The smallest absolute Gasteiger partial charge is 0.444 e. The average molecular weight is 522 g/mol. The lowest BCUT2D eigenvalue weighted by Gasteiger charge is -2.19. The van der Waals surface area contributed by atoms with Gasteiger partial charge in [-0.15, -0.1) is 11.8 Å². The van der Waals surface area contributed by atoms with E-state index >= 15 is 0 Å². The van der Waals surface area contributed by atoms with Crippen LogP contribution in [0, 0.1) is 0 Å². The van der Waals surface area contributed by atoms with Crippen LogP contribution in [0.3, 0.4) is 0 Å². The summed E-state index contributed by atoms with van der Waals surface area (Å²) in [5.41, 5.74) is 0.732. The monoisotopic (exact) mass is 521 g/mol. The van der Waals surface area contributed by atoms with E-state index in [4.69, 9.17) is 15.6 Å². The molecule has 0 aliphatic heterocycles. The van der Waals surface area contributed by atoms with Crippen molar-refractivity contribution < 1.29 is 22.7 Å². The fourth-order valence-electron chi connectivity index (χ4n) is 2.24. The van der Waals surface area contributed by atoms with Crippen molar-refractivity contribution in [3.8, 4) is 0 Å². The van der Waals surface area contributed by atoms with Gasteiger partial charge in [0.25, 0.3) is 0 Å². The van der Waals surface area contributed by atoms with E-state index in [0.717, 1.165) is 30.5 Å². The quantitative estimate of drug-likeness (QED) is 0.150. The van der Waals surface area contributed by atoms with Crippen LogP contribution in [0.1, 0.15) is 33.6 Å². The molecule has 0 spiro atoms. The number of hydrogen-bond donors (Lipinski definition) is 3. The fraction of sp³-hybridized carbons (Fsp3) is 0.409. The fourth-order valence-corrected chi connectivity index (χ4v) is 4.20. The number of thioether (sulfide) groups is 2. The lowest BCUT2D eigenvalue weighted by atomic mass is 10.2. The number of unbranched alkanes of at least 4 members (excludes halogenated alkanes) is 1. The summed E-state index contributed by atoms with van der Waals surface area (Å²) in [5.74, 6) is 1.07. The van der Waals surface area contributed by atoms with Crippen LogP contribution in [0.5, 0.6) is 0 Å². The van der Waals surface area contributed by atoms with E-state index in [2.05, 4.69) is 17.4 Å². The molecule has 0 bridgehead atoms. The van der Waals surface area contributed by atoms with Crippen molar-refractivity contribution in [3.05, 3.63) is 48.5 Å². The van der Waals surface area contributed by atoms with Crippen LogP contribution >= 0.6 is 35.5 Å². The topological polar surface area (TPSA) is 90.4 Å². The van der Waals surface area contributed by atoms with E-state index in [1.165, 1.54) is 17.0 Å². The second-order valence-electron chi connectivity index (χ2n) is 7.66. The molecule has 2 aromatic rings. The third-order valence-electron chi connectivity index (χ3n) is 3.60. The molecule has 1 amide bonds. The van der Waals surface area contributed by atoms with Gasteiger partial charge < -0.3 is 15.8 Å². The molecule has 0 heterocycles. The molecule has 2 aromatic carbocycles. The van der Waals surface area contributed by atoms with Crippen LogP contribution in [-0.2, 0) is 4.74 Å². The maximum absolute atomic E-state index is 12.0. The molecule has 0 saturated carbocycles. The van der Waals surface area contributed by atoms with E-state index in [0.29, 0.717) is 11.4 Å². The van der Waals surface area contributed by atoms with Crippen LogP contribution in [0.25, 0.3) is 0 Å². The van der Waals surface area contributed by atoms with Crippen molar-refractivity contribution in [2.75, 3.05) is 18.0 Å². The van der Waals surface area contributed by atoms with Crippen molar-refractivity contribution in [3.63, 3.8) is 0 Å². The minimum atomic E-state index is -4.33. The number of anilines is 1. The third kappa shape index (κ3) is 14.9. The van der Waals surface area contributed by atoms with Crippen LogP contribution < -0.4 is 16.2 Å². The number of rotatable bonds is 8. The molecule has 0 aromatic heterocycles. The van der Waals surface area contributed by atoms with Crippen LogP contribution in [0.4, 0.5) is 23.7 Å². The molecule has 0 atom stereocenters. The molecule has 0 fully saturated rings. The maximum Gasteiger partial charge on any atom is 0.446 e. The number of nitrogens with one attached hydrogen (secondary N) is 1. The van der Waals surface area contributed by atoms with Gasteiger partial charge in [0.15, 0.2) is 0 Å². The van der Waals surface area contributed by atoms with Gasteiger partial charge in [-0.1, -0.05) is 18.2 Å². The van der Waals surface area contributed by atoms with Crippen molar-refractivity contribution in [1.29, 1.82) is 0 Å². The van der Waals surface area contributed by atoms with Gasteiger partial charge in [-0.3, -0.25) is 5.14 Å². The summed E-state index contributed by atoms with van der Waals surface area (Å²) in [6, 6.07) is 14.6. The molecule has 0 radical (unpaired) electrons. The number of alkyl carbamates (subject to hydrolysis) is 1. The van der Waals surface area contributed by atoms with Crippen LogP contribution in [-0.4, -0.2) is 29.5 Å². The Bertz CT molecular complexity index is 848. The number of carbonyl (C=O) groups excluding carboxylic acids is 1. The summed E-state index contributed by atoms with van der Waals surface area (Å²) in [6.45, 7) is 6.26. The molecule has 0 aliphatic rings. The van der Waals surface area contributed by atoms with E-state index in [9.17, 15) is 18.0 Å². The van der Waals surface area contributed by atoms with Crippen molar-refractivity contribution in [2.45, 2.75) is 59.4 Å². The molecule has 0 unspecified atom stereocenters. The Morgan fingerprint density at radius 3 is 2.27 bits per heavy atom. The summed E-state index contributed by atoms with van der Waals surface area (Å²) < 4.78 is 41.2. The number of amides is 1. The zero-order valence-electron chi connectivity index (χ0n) is 18.8. The van der Waals surface area contributed by atoms with Crippen molar-refractivity contribution in [2.24, 2.45) is 5.14 Å². The van der Waals surface area contributed by atoms with Gasteiger partial charge in [0, 0.05) is 26.9 Å². The van der Waals surface area contributed by atoms with Gasteiger partial charge in [-0.25, -0.2) is 4.79 Å². The normalized spacial score (nSPS) is 11.4. The Morgan fingerprint density at radius 2 is 1.70 bits per heavy atom. The van der Waals surface area contributed by atoms with Gasteiger partial charge in [0.05, 0.1) is 0 Å². The molecular weight excluding hydrogens is 491 g/mol. The Morgan fingerprint density at radius 1 is 1.03 bits per heavy atom. The first-order valence-corrected chi connectivity index (χ1v) is 12.7. The van der Waals surface area contributed by atoms with Gasteiger partial charge in [0.2, 0.25) is 0 Å². The molecule has 0 saturated heterocycles. The van der Waals surface area contributed by atoms with Crippen molar-refractivity contribution >= 4 is 47.3 Å². The summed E-state index contributed by atoms with van der Waals surface area (Å²) in [4.78, 5) is 13.2. The Kier molecular flexibility index (Phi) is 12.9. The van der Waals surface area contributed by atoms with Crippen LogP contribution in [0.15, 0.2) is 63.2 Å². The number of halogens is 3. The number of benzene rings is 2. The third-order valence-corrected chi connectivity index (χ3v) is 6.03. The van der Waals surface area contributed by atoms with Crippen LogP contribution in [0.2, 0.25) is 0 Å². The summed E-state index contributed by atoms with van der Waals surface area (Å²) in [5, 5.41) is 7.99. The molecule has 5 N–H and O–H groups in total. The van der Waals surface area contributed by atoms with E-state index < -0.39 is 11.1 Å². The lowest BCUT2D eigenvalue weighted by Crippen LogP contribution is -2.33. The molecule has 184 valence electrons. The standard InChI is InChI=1S/C15H23NO2S.C7H7F3N2S2/c1-15(2,3)18-14(17)16-11-7-8-12-19-13-9-5-4-6-10-13;8-7(9,10)13-6-3-4(14-12)1-2-5(6)11/h4-6,9-10H,7-8,11-12H2,1-3H3,(H,16,17);1-3H,11-12H2. The average Bonchev–Trinajstić information content (AvgIpc) is 2.71. The van der Waals surface area contributed by atoms with Crippen molar-refractivity contribution in [1.82, 2.24) is 5.32 Å². The highest BCUT2D eigenvalue weighted by Gasteiger charge is 2.30. The lowest BCUT2D eigenvalue weighted by molar-refractivity contribution is -0.0328. The predicted octanol–water partition coefficient (Wildman–Crippen LogP) is 6.93. The predicted molar refractivity (Wildman–Crippen MR) is 133 cm³/mol.